The zero-order valence-electron chi connectivity index (χ0n) is 13.3. The van der Waals surface area contributed by atoms with Gasteiger partial charge in [0.2, 0.25) is 5.82 Å². The molecule has 122 valence electrons. The average molecular weight is 322 g/mol. The highest BCUT2D eigenvalue weighted by Gasteiger charge is 2.15. The molecule has 0 bridgehead atoms. The van der Waals surface area contributed by atoms with Gasteiger partial charge in [-0.25, -0.2) is 9.67 Å². The van der Waals surface area contributed by atoms with Gasteiger partial charge in [0, 0.05) is 6.54 Å². The van der Waals surface area contributed by atoms with Crippen molar-refractivity contribution in [2.45, 2.75) is 13.0 Å². The van der Waals surface area contributed by atoms with Gasteiger partial charge in [-0.15, -0.1) is 5.10 Å². The number of aromatic nitrogens is 3. The van der Waals surface area contributed by atoms with E-state index in [1.165, 1.54) is 11.0 Å². The van der Waals surface area contributed by atoms with Crippen LogP contribution in [0.2, 0.25) is 0 Å². The van der Waals surface area contributed by atoms with Gasteiger partial charge in [-0.1, -0.05) is 42.5 Å². The lowest BCUT2D eigenvalue weighted by Crippen LogP contribution is -2.29. The van der Waals surface area contributed by atoms with Crippen LogP contribution >= 0.6 is 0 Å². The van der Waals surface area contributed by atoms with Gasteiger partial charge in [-0.2, -0.15) is 0 Å². The van der Waals surface area contributed by atoms with Gasteiger partial charge in [0.1, 0.15) is 6.33 Å². The van der Waals surface area contributed by atoms with Gasteiger partial charge in [-0.3, -0.25) is 4.79 Å². The fourth-order valence-electron chi connectivity index (χ4n) is 2.41. The fourth-order valence-corrected chi connectivity index (χ4v) is 2.41. The molecule has 0 radical (unpaired) electrons. The number of benzene rings is 2. The van der Waals surface area contributed by atoms with Crippen LogP contribution in [-0.2, 0) is 0 Å². The summed E-state index contributed by atoms with van der Waals surface area (Å²) in [5.74, 6) is -0.354. The van der Waals surface area contributed by atoms with Crippen molar-refractivity contribution >= 4 is 5.91 Å². The van der Waals surface area contributed by atoms with Crippen LogP contribution in [0, 0.1) is 6.92 Å². The van der Waals surface area contributed by atoms with Crippen LogP contribution in [0.5, 0.6) is 0 Å². The Bertz CT molecular complexity index is 830. The Morgan fingerprint density at radius 1 is 1.17 bits per heavy atom. The number of aliphatic hydroxyl groups is 1. The Morgan fingerprint density at radius 3 is 2.62 bits per heavy atom. The normalized spacial score (nSPS) is 11.9. The standard InChI is InChI=1S/C18H18N4O2/c1-13-7-5-6-10-15(13)16(23)11-19-18(24)17-20-12-22(21-17)14-8-3-2-4-9-14/h2-10,12,16,23H,11H2,1H3,(H,19,24). The molecule has 0 saturated heterocycles. The number of nitrogens with zero attached hydrogens (tertiary/aromatic N) is 3. The van der Waals surface area contributed by atoms with E-state index in [2.05, 4.69) is 15.4 Å². The summed E-state index contributed by atoms with van der Waals surface area (Å²) in [5.41, 5.74) is 2.59. The molecule has 2 aromatic carbocycles. The molecule has 0 saturated carbocycles. The van der Waals surface area contributed by atoms with Crippen molar-refractivity contribution in [2.24, 2.45) is 0 Å². The summed E-state index contributed by atoms with van der Waals surface area (Å²) >= 11 is 0. The summed E-state index contributed by atoms with van der Waals surface area (Å²) in [5, 5.41) is 17.0. The number of hydrogen-bond acceptors (Lipinski definition) is 4. The SMILES string of the molecule is Cc1ccccc1C(O)CNC(=O)c1ncn(-c2ccccc2)n1. The number of para-hydroxylation sites is 1. The van der Waals surface area contributed by atoms with Gasteiger partial charge in [0.15, 0.2) is 0 Å². The number of carbonyl (C=O) groups excluding carboxylic acids is 1. The minimum absolute atomic E-state index is 0.0656. The van der Waals surface area contributed by atoms with E-state index in [0.717, 1.165) is 16.8 Å². The molecule has 1 heterocycles. The summed E-state index contributed by atoms with van der Waals surface area (Å²) in [6.45, 7) is 2.02. The largest absolute Gasteiger partial charge is 0.387 e. The van der Waals surface area contributed by atoms with Crippen LogP contribution in [-0.4, -0.2) is 32.3 Å². The predicted octanol–water partition coefficient (Wildman–Crippen LogP) is 2.04. The molecular weight excluding hydrogens is 304 g/mol. The lowest BCUT2D eigenvalue weighted by molar-refractivity contribution is 0.0905. The second-order valence-electron chi connectivity index (χ2n) is 5.43. The molecule has 3 rings (SSSR count). The summed E-state index contributed by atoms with van der Waals surface area (Å²) in [6.07, 6.45) is 0.716. The van der Waals surface area contributed by atoms with Crippen molar-refractivity contribution in [3.8, 4) is 5.69 Å². The first-order valence-electron chi connectivity index (χ1n) is 7.64. The van der Waals surface area contributed by atoms with Crippen molar-refractivity contribution < 1.29 is 9.90 Å². The van der Waals surface area contributed by atoms with Gasteiger partial charge in [0.25, 0.3) is 5.91 Å². The van der Waals surface area contributed by atoms with E-state index in [1.54, 1.807) is 0 Å². The third kappa shape index (κ3) is 3.49. The van der Waals surface area contributed by atoms with Crippen LogP contribution < -0.4 is 5.32 Å². The third-order valence-electron chi connectivity index (χ3n) is 3.72. The summed E-state index contributed by atoms with van der Waals surface area (Å²) in [6, 6.07) is 16.9. The number of aryl methyl sites for hydroxylation is 1. The molecule has 24 heavy (non-hydrogen) atoms. The highest BCUT2D eigenvalue weighted by Crippen LogP contribution is 2.16. The number of rotatable bonds is 5. The van der Waals surface area contributed by atoms with Crippen LogP contribution in [0.15, 0.2) is 60.9 Å². The van der Waals surface area contributed by atoms with Crippen LogP contribution in [0.25, 0.3) is 5.69 Å². The Kier molecular flexibility index (Phi) is 4.67. The van der Waals surface area contributed by atoms with Crippen LogP contribution in [0.3, 0.4) is 0 Å². The quantitative estimate of drug-likeness (QED) is 0.753. The molecule has 1 amide bonds. The molecule has 3 aromatic rings. The first-order valence-corrected chi connectivity index (χ1v) is 7.64. The molecule has 0 aliphatic heterocycles. The number of amides is 1. The van der Waals surface area contributed by atoms with E-state index < -0.39 is 12.0 Å². The maximum absolute atomic E-state index is 12.1. The molecule has 0 aliphatic rings. The number of aliphatic hydroxyl groups excluding tert-OH is 1. The lowest BCUT2D eigenvalue weighted by Gasteiger charge is -2.13. The zero-order chi connectivity index (χ0) is 16.9. The number of nitrogens with one attached hydrogen (secondary N) is 1. The molecule has 0 aliphatic carbocycles. The van der Waals surface area contributed by atoms with Crippen molar-refractivity contribution in [3.63, 3.8) is 0 Å². The second kappa shape index (κ2) is 7.06. The van der Waals surface area contributed by atoms with Gasteiger partial charge in [-0.05, 0) is 30.2 Å². The topological polar surface area (TPSA) is 80.0 Å². The van der Waals surface area contributed by atoms with Crippen molar-refractivity contribution in [1.29, 1.82) is 0 Å². The van der Waals surface area contributed by atoms with E-state index in [9.17, 15) is 9.90 Å². The minimum atomic E-state index is -0.772. The summed E-state index contributed by atoms with van der Waals surface area (Å²) < 4.78 is 1.53. The molecule has 0 fully saturated rings. The molecule has 6 heteroatoms. The maximum Gasteiger partial charge on any atom is 0.291 e. The van der Waals surface area contributed by atoms with Crippen molar-refractivity contribution in [1.82, 2.24) is 20.1 Å². The first kappa shape index (κ1) is 15.9. The van der Waals surface area contributed by atoms with Gasteiger partial charge >= 0.3 is 0 Å². The first-order chi connectivity index (χ1) is 11.6. The Balaban J connectivity index is 1.64. The van der Waals surface area contributed by atoms with Crippen LogP contribution in [0.4, 0.5) is 0 Å². The van der Waals surface area contributed by atoms with E-state index in [0.29, 0.717) is 0 Å². The number of carbonyl (C=O) groups is 1. The molecule has 1 atom stereocenters. The maximum atomic E-state index is 12.1. The minimum Gasteiger partial charge on any atom is -0.387 e. The molecule has 1 unspecified atom stereocenters. The molecule has 0 spiro atoms. The summed E-state index contributed by atoms with van der Waals surface area (Å²) in [4.78, 5) is 16.2. The lowest BCUT2D eigenvalue weighted by atomic mass is 10.0. The Hall–Kier alpha value is -2.99. The molecule has 6 nitrogen and oxygen atoms in total. The van der Waals surface area contributed by atoms with Crippen molar-refractivity contribution in [3.05, 3.63) is 77.9 Å². The highest BCUT2D eigenvalue weighted by molar-refractivity contribution is 5.90. The van der Waals surface area contributed by atoms with Crippen molar-refractivity contribution in [2.75, 3.05) is 6.54 Å². The Morgan fingerprint density at radius 2 is 1.88 bits per heavy atom. The second-order valence-corrected chi connectivity index (χ2v) is 5.43. The summed E-state index contributed by atoms with van der Waals surface area (Å²) in [7, 11) is 0. The highest BCUT2D eigenvalue weighted by atomic mass is 16.3. The molecule has 2 N–H and O–H groups in total. The van der Waals surface area contributed by atoms with Gasteiger partial charge < -0.3 is 10.4 Å². The zero-order valence-corrected chi connectivity index (χ0v) is 13.3. The monoisotopic (exact) mass is 322 g/mol. The number of hydrogen-bond donors (Lipinski definition) is 2. The Labute approximate surface area is 139 Å². The van der Waals surface area contributed by atoms with E-state index in [4.69, 9.17) is 0 Å². The van der Waals surface area contributed by atoms with E-state index in [-0.39, 0.29) is 12.4 Å². The predicted molar refractivity (Wildman–Crippen MR) is 89.8 cm³/mol. The smallest absolute Gasteiger partial charge is 0.291 e. The third-order valence-corrected chi connectivity index (χ3v) is 3.72. The molecule has 1 aromatic heterocycles. The molecular formula is C18H18N4O2. The van der Waals surface area contributed by atoms with E-state index in [1.807, 2.05) is 61.5 Å². The van der Waals surface area contributed by atoms with Crippen LogP contribution in [0.1, 0.15) is 27.8 Å². The van der Waals surface area contributed by atoms with E-state index >= 15 is 0 Å². The average Bonchev–Trinajstić information content (AvgIpc) is 3.11. The van der Waals surface area contributed by atoms with Gasteiger partial charge in [0.05, 0.1) is 11.8 Å². The fraction of sp³-hybridized carbons (Fsp3) is 0.167.